The number of rotatable bonds is 12. The number of amides is 2. The lowest BCUT2D eigenvalue weighted by Crippen LogP contribution is -2.30. The summed E-state index contributed by atoms with van der Waals surface area (Å²) in [6.07, 6.45) is 6.80. The number of ether oxygens (including phenoxy) is 1. The smallest absolute Gasteiger partial charge is 0.360 e. The van der Waals surface area contributed by atoms with E-state index in [1.54, 1.807) is 81.8 Å². The molecule has 2 N–H and O–H groups in total. The van der Waals surface area contributed by atoms with Crippen LogP contribution < -0.4 is 5.32 Å². The number of carboxylic acids is 1. The highest BCUT2D eigenvalue weighted by Crippen LogP contribution is 2.17. The summed E-state index contributed by atoms with van der Waals surface area (Å²) in [6, 6.07) is 14.1. The van der Waals surface area contributed by atoms with E-state index in [1.807, 2.05) is 13.8 Å². The molecule has 0 atom stereocenters. The maximum Gasteiger partial charge on any atom is 0.360 e. The Bertz CT molecular complexity index is 2160. The number of aromatic carboxylic acids is 1. The fourth-order valence-corrected chi connectivity index (χ4v) is 4.90. The average molecular weight is 757 g/mol. The molecular formula is C37H44N10O8. The van der Waals surface area contributed by atoms with Crippen LogP contribution in [0.5, 0.6) is 0 Å². The second kappa shape index (κ2) is 20.3. The highest BCUT2D eigenvalue weighted by atomic mass is 16.5. The molecule has 18 heteroatoms. The zero-order chi connectivity index (χ0) is 39.2. The minimum Gasteiger partial charge on any atom is -0.476 e. The van der Waals surface area contributed by atoms with E-state index in [1.165, 1.54) is 34.0 Å². The fraction of sp³-hybridized carbons (Fsp3) is 0.297. The van der Waals surface area contributed by atoms with Gasteiger partial charge in [-0.15, -0.1) is 0 Å². The summed E-state index contributed by atoms with van der Waals surface area (Å²) < 4.78 is 15.4. The van der Waals surface area contributed by atoms with Gasteiger partial charge in [-0.25, -0.2) is 19.6 Å². The second-order valence-electron chi connectivity index (χ2n) is 11.0. The van der Waals surface area contributed by atoms with Crippen molar-refractivity contribution in [1.29, 1.82) is 0 Å². The third kappa shape index (κ3) is 10.8. The minimum atomic E-state index is -1.14. The quantitative estimate of drug-likeness (QED) is 0.163. The summed E-state index contributed by atoms with van der Waals surface area (Å²) in [6.45, 7) is 7.79. The van der Waals surface area contributed by atoms with E-state index in [9.17, 15) is 19.2 Å². The summed E-state index contributed by atoms with van der Waals surface area (Å²) >= 11 is 0. The van der Waals surface area contributed by atoms with E-state index < -0.39 is 11.9 Å². The molecule has 0 aliphatic carbocycles. The molecule has 0 saturated heterocycles. The first-order valence-corrected chi connectivity index (χ1v) is 16.8. The van der Waals surface area contributed by atoms with Gasteiger partial charge in [-0.2, -0.15) is 30.0 Å². The summed E-state index contributed by atoms with van der Waals surface area (Å²) in [5.41, 5.74) is 2.10. The van der Waals surface area contributed by atoms with Gasteiger partial charge in [-0.1, -0.05) is 45.5 Å². The Kier molecular flexibility index (Phi) is 15.7. The topological polar surface area (TPSA) is 226 Å². The number of nitrogens with one attached hydrogen (secondary N) is 1. The molecule has 290 valence electrons. The number of benzene rings is 2. The number of methoxy groups -OCH3 is 1. The van der Waals surface area contributed by atoms with E-state index in [-0.39, 0.29) is 42.3 Å². The molecule has 4 heterocycles. The monoisotopic (exact) mass is 756 g/mol. The summed E-state index contributed by atoms with van der Waals surface area (Å²) in [4.78, 5) is 60.1. The van der Waals surface area contributed by atoms with E-state index in [4.69, 9.17) is 13.9 Å². The summed E-state index contributed by atoms with van der Waals surface area (Å²) in [7, 11) is 2.94. The molecule has 18 nitrogen and oxygen atoms in total. The summed E-state index contributed by atoms with van der Waals surface area (Å²) in [5, 5.41) is 28.0. The van der Waals surface area contributed by atoms with Crippen LogP contribution in [0.3, 0.4) is 0 Å². The number of hydrogen-bond donors (Lipinski definition) is 2. The van der Waals surface area contributed by atoms with Gasteiger partial charge in [0.25, 0.3) is 11.8 Å². The Morgan fingerprint density at radius 2 is 1.24 bits per heavy atom. The van der Waals surface area contributed by atoms with Crippen LogP contribution in [0, 0.1) is 13.8 Å². The van der Waals surface area contributed by atoms with Crippen molar-refractivity contribution in [3.63, 3.8) is 0 Å². The van der Waals surface area contributed by atoms with Gasteiger partial charge in [-0.05, 0) is 38.1 Å². The second-order valence-corrected chi connectivity index (χ2v) is 11.0. The molecular weight excluding hydrogens is 712 g/mol. The number of nitrogens with zero attached hydrogens (tertiary/aromatic N) is 9. The minimum absolute atomic E-state index is 0. The molecule has 0 fully saturated rings. The number of hydrogen-bond acceptors (Lipinski definition) is 13. The van der Waals surface area contributed by atoms with Crippen LogP contribution in [0.25, 0.3) is 11.4 Å². The van der Waals surface area contributed by atoms with E-state index >= 15 is 0 Å². The third-order valence-corrected chi connectivity index (χ3v) is 7.45. The van der Waals surface area contributed by atoms with Crippen molar-refractivity contribution in [2.75, 3.05) is 27.2 Å². The lowest BCUT2D eigenvalue weighted by molar-refractivity contribution is 0.0591. The van der Waals surface area contributed by atoms with Crippen LogP contribution >= 0.6 is 0 Å². The van der Waals surface area contributed by atoms with Gasteiger partial charge in [0.15, 0.2) is 23.2 Å². The molecule has 0 aliphatic heterocycles. The largest absolute Gasteiger partial charge is 0.476 e. The molecule has 0 aliphatic rings. The zero-order valence-corrected chi connectivity index (χ0v) is 30.6. The first kappa shape index (κ1) is 42.4. The Morgan fingerprint density at radius 1 is 0.764 bits per heavy atom. The molecule has 4 aromatic heterocycles. The standard InChI is InChI=1S/2C17H17N5O4.C2H6.CH4/c1-11-15(17(24)25)20-14(26-11)7-10-21(2)16(23)12-5-3-4-6-13(12)22-18-8-9-19-22;1-11-15(17(24)25-2)21-14(26-11)7-8-18-16(23)12-5-3-4-6-13(12)22-19-9-10-20-22;1-2;/h3-6,8-9H,7,10H2,1-2H3,(H,24,25);3-6,9-10H,7-8H2,1-2H3,(H,18,23);1-2H3;1H4. The van der Waals surface area contributed by atoms with E-state index in [0.717, 1.165) is 0 Å². The van der Waals surface area contributed by atoms with Crippen molar-refractivity contribution in [3.05, 3.63) is 119 Å². The first-order valence-electron chi connectivity index (χ1n) is 16.8. The van der Waals surface area contributed by atoms with Crippen LogP contribution in [-0.4, -0.2) is 101 Å². The van der Waals surface area contributed by atoms with Crippen molar-refractivity contribution in [2.24, 2.45) is 0 Å². The summed E-state index contributed by atoms with van der Waals surface area (Å²) in [5.74, 6) is -0.907. The lowest BCUT2D eigenvalue weighted by Gasteiger charge is -2.18. The number of carbonyl (C=O) groups excluding carboxylic acids is 3. The normalized spacial score (nSPS) is 10.1. The Hall–Kier alpha value is -6.98. The predicted octanol–water partition coefficient (Wildman–Crippen LogP) is 4.56. The molecule has 0 spiro atoms. The van der Waals surface area contributed by atoms with Crippen LogP contribution in [0.1, 0.15) is 86.3 Å². The fourth-order valence-electron chi connectivity index (χ4n) is 4.90. The number of oxazole rings is 2. The molecule has 2 aromatic carbocycles. The molecule has 0 bridgehead atoms. The van der Waals surface area contributed by atoms with Gasteiger partial charge in [0.2, 0.25) is 0 Å². The molecule has 0 unspecified atom stereocenters. The highest BCUT2D eigenvalue weighted by molar-refractivity contribution is 5.98. The number of aryl methyl sites for hydroxylation is 2. The maximum atomic E-state index is 12.8. The van der Waals surface area contributed by atoms with Gasteiger partial charge in [0.05, 0.1) is 54.4 Å². The average Bonchev–Trinajstić information content (AvgIpc) is 4.03. The number of para-hydroxylation sites is 2. The molecule has 55 heavy (non-hydrogen) atoms. The molecule has 6 aromatic rings. The van der Waals surface area contributed by atoms with Crippen molar-refractivity contribution < 1.29 is 37.9 Å². The van der Waals surface area contributed by atoms with Crippen molar-refractivity contribution >= 4 is 23.8 Å². The van der Waals surface area contributed by atoms with Gasteiger partial charge in [0.1, 0.15) is 11.5 Å². The van der Waals surface area contributed by atoms with Crippen LogP contribution in [0.2, 0.25) is 0 Å². The number of aromatic nitrogens is 8. The molecule has 0 radical (unpaired) electrons. The Labute approximate surface area is 317 Å². The van der Waals surface area contributed by atoms with Crippen LogP contribution in [0.4, 0.5) is 0 Å². The Morgan fingerprint density at radius 3 is 1.76 bits per heavy atom. The van der Waals surface area contributed by atoms with Crippen molar-refractivity contribution in [2.45, 2.75) is 48.0 Å². The maximum absolute atomic E-state index is 12.8. The number of carboxylic acid groups (broad SMARTS) is 1. The van der Waals surface area contributed by atoms with Crippen molar-refractivity contribution in [3.8, 4) is 11.4 Å². The number of likely N-dealkylation sites (N-methyl/N-ethyl adjacent to an activating group) is 1. The SMILES string of the molecule is C.CC.COC(=O)c1nc(CCNC(=O)c2ccccc2-n2nccn2)oc1C.Cc1oc(CCN(C)C(=O)c2ccccc2-n2nccn2)nc1C(=O)O. The number of carbonyl (C=O) groups is 4. The van der Waals surface area contributed by atoms with Crippen LogP contribution in [-0.2, 0) is 17.6 Å². The van der Waals surface area contributed by atoms with Gasteiger partial charge >= 0.3 is 11.9 Å². The molecule has 2 amide bonds. The first-order chi connectivity index (χ1) is 26.1. The lowest BCUT2D eigenvalue weighted by atomic mass is 10.1. The molecule has 0 saturated carbocycles. The van der Waals surface area contributed by atoms with E-state index in [2.05, 4.69) is 40.4 Å². The molecule has 6 rings (SSSR count). The number of esters is 1. The van der Waals surface area contributed by atoms with Gasteiger partial charge < -0.3 is 28.9 Å². The van der Waals surface area contributed by atoms with Crippen molar-refractivity contribution in [1.82, 2.24) is 50.2 Å². The third-order valence-electron chi connectivity index (χ3n) is 7.45. The van der Waals surface area contributed by atoms with Gasteiger partial charge in [0, 0.05) is 33.0 Å². The van der Waals surface area contributed by atoms with E-state index in [0.29, 0.717) is 60.1 Å². The Balaban J connectivity index is 0.000000278. The van der Waals surface area contributed by atoms with Crippen LogP contribution in [0.15, 0.2) is 82.2 Å². The predicted molar refractivity (Wildman–Crippen MR) is 198 cm³/mol. The highest BCUT2D eigenvalue weighted by Gasteiger charge is 2.21. The zero-order valence-electron chi connectivity index (χ0n) is 30.6. The van der Waals surface area contributed by atoms with Gasteiger partial charge in [-0.3, -0.25) is 9.59 Å².